The van der Waals surface area contributed by atoms with Crippen LogP contribution in [-0.4, -0.2) is 47.6 Å². The summed E-state index contributed by atoms with van der Waals surface area (Å²) in [6, 6.07) is 17.7. The number of ether oxygens (including phenoxy) is 3. The minimum atomic E-state index is 0.386. The summed E-state index contributed by atoms with van der Waals surface area (Å²) >= 11 is 0. The van der Waals surface area contributed by atoms with Crippen LogP contribution in [0.15, 0.2) is 79.4 Å². The lowest BCUT2D eigenvalue weighted by molar-refractivity contribution is 0.394. The van der Waals surface area contributed by atoms with Crippen LogP contribution >= 0.6 is 0 Å². The number of hydrogen-bond acceptors (Lipinski definition) is 7. The van der Waals surface area contributed by atoms with E-state index < -0.39 is 0 Å². The first-order valence-corrected chi connectivity index (χ1v) is 12.0. The van der Waals surface area contributed by atoms with E-state index in [1.807, 2.05) is 68.1 Å². The zero-order chi connectivity index (χ0) is 26.5. The minimum Gasteiger partial charge on any atom is -0.497 e. The van der Waals surface area contributed by atoms with Gasteiger partial charge in [0, 0.05) is 71.7 Å². The van der Waals surface area contributed by atoms with Crippen LogP contribution in [0.4, 0.5) is 11.4 Å². The molecule has 38 heavy (non-hydrogen) atoms. The van der Waals surface area contributed by atoms with Gasteiger partial charge in [-0.1, -0.05) is 5.92 Å². The van der Waals surface area contributed by atoms with E-state index in [1.54, 1.807) is 32.2 Å². The summed E-state index contributed by atoms with van der Waals surface area (Å²) in [5.74, 6) is 8.42. The molecule has 190 valence electrons. The molecule has 0 unspecified atom stereocenters. The van der Waals surface area contributed by atoms with Gasteiger partial charge in [0.2, 0.25) is 0 Å². The molecule has 3 aromatic heterocycles. The molecule has 0 saturated heterocycles. The summed E-state index contributed by atoms with van der Waals surface area (Å²) in [5, 5.41) is 5.29. The Labute approximate surface area is 221 Å². The van der Waals surface area contributed by atoms with Crippen molar-refractivity contribution in [3.63, 3.8) is 0 Å². The third-order valence-electron chi connectivity index (χ3n) is 6.10. The van der Waals surface area contributed by atoms with Gasteiger partial charge in [-0.15, -0.1) is 0 Å². The molecule has 0 fully saturated rings. The smallest absolute Gasteiger partial charge is 0.155 e. The van der Waals surface area contributed by atoms with Crippen LogP contribution in [0, 0.1) is 11.8 Å². The molecule has 0 atom stereocenters. The number of methoxy groups -OCH3 is 3. The third kappa shape index (κ3) is 5.22. The first-order valence-electron chi connectivity index (χ1n) is 12.0. The van der Waals surface area contributed by atoms with Crippen molar-refractivity contribution in [3.05, 3.63) is 85.1 Å². The molecule has 5 rings (SSSR count). The number of aryl methyl sites for hydroxylation is 1. The maximum atomic E-state index is 5.54. The zero-order valence-corrected chi connectivity index (χ0v) is 21.7. The predicted molar refractivity (Wildman–Crippen MR) is 148 cm³/mol. The second-order valence-electron chi connectivity index (χ2n) is 8.52. The predicted octanol–water partition coefficient (Wildman–Crippen LogP) is 5.25. The van der Waals surface area contributed by atoms with E-state index in [1.165, 1.54) is 0 Å². The van der Waals surface area contributed by atoms with Crippen LogP contribution in [0.2, 0.25) is 0 Å². The molecule has 0 aliphatic heterocycles. The summed E-state index contributed by atoms with van der Waals surface area (Å²) in [5.41, 5.74) is 5.31. The number of aromatic nitrogens is 4. The summed E-state index contributed by atoms with van der Waals surface area (Å²) in [7, 11) is 6.78. The average Bonchev–Trinajstić information content (AvgIpc) is 3.40. The van der Waals surface area contributed by atoms with Gasteiger partial charge in [-0.2, -0.15) is 5.10 Å². The highest BCUT2D eigenvalue weighted by Crippen LogP contribution is 2.34. The van der Waals surface area contributed by atoms with Crippen molar-refractivity contribution in [1.29, 1.82) is 0 Å². The van der Waals surface area contributed by atoms with Crippen LogP contribution < -0.4 is 19.1 Å². The molecule has 0 aliphatic rings. The number of fused-ring (bicyclic) bond motifs is 1. The van der Waals surface area contributed by atoms with E-state index in [4.69, 9.17) is 14.2 Å². The maximum absolute atomic E-state index is 5.54. The monoisotopic (exact) mass is 505 g/mol. The van der Waals surface area contributed by atoms with Crippen molar-refractivity contribution in [2.45, 2.75) is 0 Å². The Balaban J connectivity index is 1.58. The van der Waals surface area contributed by atoms with Gasteiger partial charge >= 0.3 is 0 Å². The van der Waals surface area contributed by atoms with E-state index in [-0.39, 0.29) is 0 Å². The van der Waals surface area contributed by atoms with Crippen molar-refractivity contribution in [2.75, 3.05) is 32.8 Å². The van der Waals surface area contributed by atoms with E-state index >= 15 is 0 Å². The van der Waals surface area contributed by atoms with Gasteiger partial charge < -0.3 is 19.1 Å². The molecule has 0 amide bonds. The molecule has 8 nitrogen and oxygen atoms in total. The maximum Gasteiger partial charge on any atom is 0.155 e. The summed E-state index contributed by atoms with van der Waals surface area (Å²) < 4.78 is 18.3. The summed E-state index contributed by atoms with van der Waals surface area (Å²) in [4.78, 5) is 11.1. The first-order chi connectivity index (χ1) is 18.6. The standard InChI is InChI=1S/C30H27N5O3/c1-34-20-23(19-33-34)22-13-21-14-24(9-10-28(21)32-18-22)35(25-15-26(36-2)17-27(16-25)37-3)12-6-7-29-30(38-4)8-5-11-31-29/h5,8-11,13-20H,12H2,1-4H3. The SMILES string of the molecule is COc1cc(OC)cc(N(CC#Cc2ncccc2OC)c2ccc3ncc(-c4cnn(C)c4)cc3c2)c1. The van der Waals surface area contributed by atoms with Crippen molar-refractivity contribution >= 4 is 22.3 Å². The topological polar surface area (TPSA) is 74.5 Å². The van der Waals surface area contributed by atoms with Crippen molar-refractivity contribution in [2.24, 2.45) is 7.05 Å². The molecule has 0 saturated carbocycles. The van der Waals surface area contributed by atoms with Gasteiger partial charge in [-0.25, -0.2) is 4.98 Å². The van der Waals surface area contributed by atoms with Gasteiger partial charge in [0.05, 0.1) is 39.6 Å². The Morgan fingerprint density at radius 1 is 0.842 bits per heavy atom. The molecule has 2 aromatic carbocycles. The van der Waals surface area contributed by atoms with Gasteiger partial charge in [0.15, 0.2) is 11.4 Å². The second-order valence-corrected chi connectivity index (χ2v) is 8.52. The minimum absolute atomic E-state index is 0.386. The molecule has 5 aromatic rings. The molecule has 0 radical (unpaired) electrons. The lowest BCUT2D eigenvalue weighted by Crippen LogP contribution is -2.17. The van der Waals surface area contributed by atoms with Crippen LogP contribution in [-0.2, 0) is 7.05 Å². The quantitative estimate of drug-likeness (QED) is 0.280. The fourth-order valence-electron chi connectivity index (χ4n) is 4.15. The molecule has 3 heterocycles. The third-order valence-corrected chi connectivity index (χ3v) is 6.10. The van der Waals surface area contributed by atoms with E-state index in [0.29, 0.717) is 29.5 Å². The molecule has 0 bridgehead atoms. The number of hydrogen-bond donors (Lipinski definition) is 0. The van der Waals surface area contributed by atoms with Gasteiger partial charge in [0.1, 0.15) is 11.5 Å². The lowest BCUT2D eigenvalue weighted by Gasteiger charge is -2.24. The van der Waals surface area contributed by atoms with Crippen molar-refractivity contribution in [3.8, 4) is 40.2 Å². The first kappa shape index (κ1) is 24.7. The lowest BCUT2D eigenvalue weighted by atomic mass is 10.1. The Bertz CT molecular complexity index is 1630. The molecule has 0 N–H and O–H groups in total. The number of rotatable bonds is 7. The largest absolute Gasteiger partial charge is 0.497 e. The number of pyridine rings is 2. The molecular formula is C30H27N5O3. The van der Waals surface area contributed by atoms with Gasteiger partial charge in [0.25, 0.3) is 0 Å². The Hall–Kier alpha value is -5.03. The summed E-state index contributed by atoms with van der Waals surface area (Å²) in [6.07, 6.45) is 7.38. The average molecular weight is 506 g/mol. The summed E-state index contributed by atoms with van der Waals surface area (Å²) in [6.45, 7) is 0.386. The van der Waals surface area contributed by atoms with Crippen LogP contribution in [0.3, 0.4) is 0 Å². The van der Waals surface area contributed by atoms with E-state index in [9.17, 15) is 0 Å². The van der Waals surface area contributed by atoms with Crippen LogP contribution in [0.1, 0.15) is 5.69 Å². The fraction of sp³-hybridized carbons (Fsp3) is 0.167. The fourth-order valence-corrected chi connectivity index (χ4v) is 4.15. The normalized spacial score (nSPS) is 10.5. The van der Waals surface area contributed by atoms with Crippen molar-refractivity contribution in [1.82, 2.24) is 19.7 Å². The Morgan fingerprint density at radius 2 is 1.66 bits per heavy atom. The molecular weight excluding hydrogens is 478 g/mol. The van der Waals surface area contributed by atoms with Gasteiger partial charge in [-0.3, -0.25) is 9.67 Å². The molecule has 0 aliphatic carbocycles. The van der Waals surface area contributed by atoms with Crippen LogP contribution in [0.25, 0.3) is 22.0 Å². The van der Waals surface area contributed by atoms with Crippen LogP contribution in [0.5, 0.6) is 17.2 Å². The number of benzene rings is 2. The number of nitrogens with zero attached hydrogens (tertiary/aromatic N) is 5. The highest BCUT2D eigenvalue weighted by atomic mass is 16.5. The van der Waals surface area contributed by atoms with E-state index in [0.717, 1.165) is 33.4 Å². The van der Waals surface area contributed by atoms with Gasteiger partial charge in [-0.05, 0) is 42.3 Å². The van der Waals surface area contributed by atoms with Crippen molar-refractivity contribution < 1.29 is 14.2 Å². The van der Waals surface area contributed by atoms with E-state index in [2.05, 4.69) is 43.9 Å². The Morgan fingerprint density at radius 3 is 2.37 bits per heavy atom. The molecule has 0 spiro atoms. The molecule has 8 heteroatoms. The highest BCUT2D eigenvalue weighted by molar-refractivity contribution is 5.87. The number of anilines is 2. The Kier molecular flexibility index (Phi) is 7.09. The zero-order valence-electron chi connectivity index (χ0n) is 21.7. The second kappa shape index (κ2) is 10.9. The highest BCUT2D eigenvalue weighted by Gasteiger charge is 2.14.